The van der Waals surface area contributed by atoms with E-state index in [2.05, 4.69) is 10.1 Å². The highest BCUT2D eigenvalue weighted by molar-refractivity contribution is 6.10. The number of halogens is 5. The van der Waals surface area contributed by atoms with Gasteiger partial charge in [0, 0.05) is 28.3 Å². The van der Waals surface area contributed by atoms with Crippen molar-refractivity contribution < 1.29 is 40.7 Å². The lowest BCUT2D eigenvalue weighted by Crippen LogP contribution is -2.21. The van der Waals surface area contributed by atoms with Gasteiger partial charge in [0.2, 0.25) is 34.9 Å². The van der Waals surface area contributed by atoms with Gasteiger partial charge in [0.25, 0.3) is 5.91 Å². The number of carbonyl (C=O) groups excluding carboxylic acids is 2. The summed E-state index contributed by atoms with van der Waals surface area (Å²) in [6.45, 7) is 2.57. The van der Waals surface area contributed by atoms with E-state index in [0.717, 1.165) is 5.56 Å². The fraction of sp³-hybridized carbons (Fsp3) is 0.120. The van der Waals surface area contributed by atoms with Crippen molar-refractivity contribution in [3.63, 3.8) is 0 Å². The molecular formula is C25H16F5NO4. The smallest absolute Gasteiger partial charge is 0.262 e. The fourth-order valence-electron chi connectivity index (χ4n) is 3.40. The van der Waals surface area contributed by atoms with Gasteiger partial charge in [-0.05, 0) is 26.0 Å². The summed E-state index contributed by atoms with van der Waals surface area (Å²) in [4.78, 5) is 25.0. The zero-order valence-electron chi connectivity index (χ0n) is 18.3. The van der Waals surface area contributed by atoms with Gasteiger partial charge in [0.05, 0.1) is 0 Å². The summed E-state index contributed by atoms with van der Waals surface area (Å²) in [5.74, 6) is -13.8. The largest absolute Gasteiger partial charge is 0.477 e. The van der Waals surface area contributed by atoms with Crippen LogP contribution in [0.4, 0.5) is 27.6 Å². The molecule has 10 heteroatoms. The van der Waals surface area contributed by atoms with Gasteiger partial charge < -0.3 is 14.5 Å². The van der Waals surface area contributed by atoms with E-state index in [9.17, 15) is 31.5 Å². The molecule has 1 aromatic heterocycles. The van der Waals surface area contributed by atoms with Crippen LogP contribution in [0.2, 0.25) is 0 Å². The summed E-state index contributed by atoms with van der Waals surface area (Å²) < 4.78 is 77.3. The van der Waals surface area contributed by atoms with Gasteiger partial charge in [-0.2, -0.15) is 8.78 Å². The van der Waals surface area contributed by atoms with E-state index in [1.807, 2.05) is 6.92 Å². The number of hydrogen-bond acceptors (Lipinski definition) is 4. The molecule has 0 aliphatic heterocycles. The normalized spacial score (nSPS) is 11.1. The number of aryl methyl sites for hydroxylation is 2. The number of anilines is 1. The summed E-state index contributed by atoms with van der Waals surface area (Å²) in [6.07, 6.45) is 0. The first-order valence-corrected chi connectivity index (χ1v) is 10.2. The number of nitrogens with one attached hydrogen (secondary N) is 1. The van der Waals surface area contributed by atoms with Gasteiger partial charge in [-0.3, -0.25) is 9.59 Å². The molecule has 0 spiro atoms. The summed E-state index contributed by atoms with van der Waals surface area (Å²) in [5, 5.41) is 2.99. The number of amides is 1. The second-order valence-corrected chi connectivity index (χ2v) is 7.70. The van der Waals surface area contributed by atoms with Crippen LogP contribution < -0.4 is 10.1 Å². The molecule has 4 rings (SSSR count). The lowest BCUT2D eigenvalue weighted by atomic mass is 10.0. The standard InChI is InChI=1S/C25H16F5NO4/c1-11-3-5-13(6-4-11)23(33)24-12(2)15-8-7-14(9-16(15)35-24)31-17(32)10-34-25-21(29)19(27)18(26)20(28)22(25)30/h3-9H,10H2,1-2H3,(H,31,32). The first kappa shape index (κ1) is 23.9. The minimum Gasteiger partial charge on any atom is -0.477 e. The second kappa shape index (κ2) is 9.21. The van der Waals surface area contributed by atoms with Crippen LogP contribution in [-0.4, -0.2) is 18.3 Å². The third-order valence-electron chi connectivity index (χ3n) is 5.26. The van der Waals surface area contributed by atoms with Gasteiger partial charge in [0.1, 0.15) is 5.58 Å². The maximum absolute atomic E-state index is 13.7. The predicted octanol–water partition coefficient (Wildman–Crippen LogP) is 5.99. The molecule has 5 nitrogen and oxygen atoms in total. The molecule has 180 valence electrons. The molecule has 1 heterocycles. The molecule has 0 saturated carbocycles. The van der Waals surface area contributed by atoms with Crippen molar-refractivity contribution in [2.75, 3.05) is 11.9 Å². The maximum Gasteiger partial charge on any atom is 0.262 e. The predicted molar refractivity (Wildman–Crippen MR) is 116 cm³/mol. The molecule has 0 unspecified atom stereocenters. The van der Waals surface area contributed by atoms with E-state index in [4.69, 9.17) is 4.42 Å². The Bertz CT molecular complexity index is 1450. The number of hydrogen-bond donors (Lipinski definition) is 1. The minimum absolute atomic E-state index is 0.127. The van der Waals surface area contributed by atoms with Gasteiger partial charge in [-0.15, -0.1) is 0 Å². The van der Waals surface area contributed by atoms with E-state index in [1.54, 1.807) is 37.3 Å². The molecule has 0 aliphatic carbocycles. The molecule has 0 aliphatic rings. The molecule has 3 aromatic carbocycles. The van der Waals surface area contributed by atoms with Crippen molar-refractivity contribution in [2.24, 2.45) is 0 Å². The number of fused-ring (bicyclic) bond motifs is 1. The third kappa shape index (κ3) is 4.46. The SMILES string of the molecule is Cc1ccc(C(=O)c2oc3cc(NC(=O)COc4c(F)c(F)c(F)c(F)c4F)ccc3c2C)cc1. The van der Waals surface area contributed by atoms with E-state index >= 15 is 0 Å². The average Bonchev–Trinajstić information content (AvgIpc) is 3.17. The summed E-state index contributed by atoms with van der Waals surface area (Å²) in [7, 11) is 0. The van der Waals surface area contributed by atoms with Crippen LogP contribution in [0.5, 0.6) is 5.75 Å². The van der Waals surface area contributed by atoms with E-state index < -0.39 is 47.3 Å². The zero-order valence-corrected chi connectivity index (χ0v) is 18.3. The molecule has 0 radical (unpaired) electrons. The quantitative estimate of drug-likeness (QED) is 0.156. The van der Waals surface area contributed by atoms with Crippen LogP contribution in [0.15, 0.2) is 46.9 Å². The number of ketones is 1. The highest BCUT2D eigenvalue weighted by Crippen LogP contribution is 2.31. The molecule has 0 fully saturated rings. The molecule has 0 atom stereocenters. The van der Waals surface area contributed by atoms with Crippen LogP contribution >= 0.6 is 0 Å². The van der Waals surface area contributed by atoms with E-state index in [-0.39, 0.29) is 22.8 Å². The van der Waals surface area contributed by atoms with Crippen LogP contribution in [0.1, 0.15) is 27.2 Å². The molecule has 1 amide bonds. The van der Waals surface area contributed by atoms with Crippen LogP contribution in [0, 0.1) is 42.9 Å². The number of rotatable bonds is 6. The highest BCUT2D eigenvalue weighted by atomic mass is 19.2. The highest BCUT2D eigenvalue weighted by Gasteiger charge is 2.27. The van der Waals surface area contributed by atoms with Gasteiger partial charge >= 0.3 is 0 Å². The van der Waals surface area contributed by atoms with Crippen LogP contribution in [-0.2, 0) is 4.79 Å². The lowest BCUT2D eigenvalue weighted by molar-refractivity contribution is -0.118. The van der Waals surface area contributed by atoms with Crippen molar-refractivity contribution in [3.8, 4) is 5.75 Å². The van der Waals surface area contributed by atoms with E-state index in [1.165, 1.54) is 12.1 Å². The molecule has 35 heavy (non-hydrogen) atoms. The van der Waals surface area contributed by atoms with Crippen molar-refractivity contribution in [1.29, 1.82) is 0 Å². The molecule has 0 saturated heterocycles. The topological polar surface area (TPSA) is 68.5 Å². The second-order valence-electron chi connectivity index (χ2n) is 7.70. The minimum atomic E-state index is -2.33. The van der Waals surface area contributed by atoms with Gasteiger partial charge in [0.15, 0.2) is 18.1 Å². The number of furan rings is 1. The molecule has 0 bridgehead atoms. The van der Waals surface area contributed by atoms with Crippen molar-refractivity contribution in [3.05, 3.63) is 94.0 Å². The van der Waals surface area contributed by atoms with Crippen molar-refractivity contribution in [1.82, 2.24) is 0 Å². The van der Waals surface area contributed by atoms with E-state index in [0.29, 0.717) is 16.5 Å². The Morgan fingerprint density at radius 1 is 0.857 bits per heavy atom. The molecular weight excluding hydrogens is 473 g/mol. The molecule has 4 aromatic rings. The Balaban J connectivity index is 1.51. The van der Waals surface area contributed by atoms with Gasteiger partial charge in [-0.1, -0.05) is 29.8 Å². The third-order valence-corrected chi connectivity index (χ3v) is 5.26. The van der Waals surface area contributed by atoms with Gasteiger partial charge in [-0.25, -0.2) is 13.2 Å². The fourth-order valence-corrected chi connectivity index (χ4v) is 3.40. The number of carbonyl (C=O) groups is 2. The summed E-state index contributed by atoms with van der Waals surface area (Å²) >= 11 is 0. The first-order chi connectivity index (χ1) is 16.6. The van der Waals surface area contributed by atoms with Crippen LogP contribution in [0.25, 0.3) is 11.0 Å². The number of benzene rings is 3. The Hall–Kier alpha value is -4.21. The zero-order chi connectivity index (χ0) is 25.4. The molecule has 1 N–H and O–H groups in total. The Morgan fingerprint density at radius 3 is 2.09 bits per heavy atom. The maximum atomic E-state index is 13.7. The Morgan fingerprint density at radius 2 is 1.46 bits per heavy atom. The summed E-state index contributed by atoms with van der Waals surface area (Å²) in [6, 6.07) is 11.5. The average molecular weight is 489 g/mol. The number of ether oxygens (including phenoxy) is 1. The Kier molecular flexibility index (Phi) is 6.29. The van der Waals surface area contributed by atoms with Crippen molar-refractivity contribution >= 4 is 28.3 Å². The summed E-state index contributed by atoms with van der Waals surface area (Å²) in [5.41, 5.74) is 2.50. The lowest BCUT2D eigenvalue weighted by Gasteiger charge is -2.10. The van der Waals surface area contributed by atoms with Crippen LogP contribution in [0.3, 0.4) is 0 Å². The van der Waals surface area contributed by atoms with Crippen molar-refractivity contribution in [2.45, 2.75) is 13.8 Å². The Labute approximate surface area is 195 Å². The monoisotopic (exact) mass is 489 g/mol. The first-order valence-electron chi connectivity index (χ1n) is 10.2.